The first-order chi connectivity index (χ1) is 14.1. The largest absolute Gasteiger partial charge is 0.347 e. The maximum Gasteiger partial charge on any atom is 0.258 e. The number of carbonyl (C=O) groups is 2. The summed E-state index contributed by atoms with van der Waals surface area (Å²) >= 11 is 0. The minimum Gasteiger partial charge on any atom is -0.347 e. The van der Waals surface area contributed by atoms with Crippen molar-refractivity contribution >= 4 is 22.7 Å². The van der Waals surface area contributed by atoms with E-state index in [0.29, 0.717) is 36.2 Å². The van der Waals surface area contributed by atoms with Crippen molar-refractivity contribution in [2.75, 3.05) is 13.1 Å². The Bertz CT molecular complexity index is 1050. The number of likely N-dealkylation sites (N-methyl/N-ethyl adjacent to an activating group) is 1. The standard InChI is InChI=1S/C22H24N4O3/c1-2-26(15-16-8-4-3-5-9-16)21(28)14-23-20(27)13-12-19-24-18-11-7-6-10-17(18)22(29)25-19/h3-11H,2,12-15H2,1H3,(H,23,27)(H,24,25,29). The van der Waals surface area contributed by atoms with E-state index in [-0.39, 0.29) is 30.3 Å². The van der Waals surface area contributed by atoms with E-state index in [1.54, 1.807) is 23.1 Å². The lowest BCUT2D eigenvalue weighted by atomic mass is 10.2. The molecule has 2 aromatic carbocycles. The van der Waals surface area contributed by atoms with Crippen LogP contribution in [0.25, 0.3) is 10.9 Å². The number of hydrogen-bond donors (Lipinski definition) is 2. The van der Waals surface area contributed by atoms with Crippen LogP contribution in [0.15, 0.2) is 59.4 Å². The maximum absolute atomic E-state index is 12.4. The Morgan fingerprint density at radius 3 is 2.55 bits per heavy atom. The summed E-state index contributed by atoms with van der Waals surface area (Å²) in [4.78, 5) is 45.4. The van der Waals surface area contributed by atoms with Crippen LogP contribution in [0, 0.1) is 0 Å². The van der Waals surface area contributed by atoms with E-state index in [9.17, 15) is 14.4 Å². The molecule has 0 unspecified atom stereocenters. The lowest BCUT2D eigenvalue weighted by Gasteiger charge is -2.21. The molecule has 0 fully saturated rings. The van der Waals surface area contributed by atoms with E-state index in [1.807, 2.05) is 43.3 Å². The highest BCUT2D eigenvalue weighted by molar-refractivity contribution is 5.84. The zero-order valence-corrected chi connectivity index (χ0v) is 16.4. The normalized spacial score (nSPS) is 10.7. The molecule has 7 heteroatoms. The fraction of sp³-hybridized carbons (Fsp3) is 0.273. The second-order valence-corrected chi connectivity index (χ2v) is 6.70. The first kappa shape index (κ1) is 20.3. The monoisotopic (exact) mass is 392 g/mol. The van der Waals surface area contributed by atoms with Gasteiger partial charge in [-0.25, -0.2) is 4.98 Å². The molecular formula is C22H24N4O3. The number of rotatable bonds is 8. The Morgan fingerprint density at radius 2 is 1.79 bits per heavy atom. The van der Waals surface area contributed by atoms with Crippen LogP contribution in [0.1, 0.15) is 24.7 Å². The van der Waals surface area contributed by atoms with Crippen molar-refractivity contribution < 1.29 is 9.59 Å². The summed E-state index contributed by atoms with van der Waals surface area (Å²) in [6.07, 6.45) is 0.432. The van der Waals surface area contributed by atoms with Gasteiger partial charge in [0.05, 0.1) is 17.4 Å². The lowest BCUT2D eigenvalue weighted by molar-refractivity contribution is -0.133. The van der Waals surface area contributed by atoms with Crippen LogP contribution in [-0.4, -0.2) is 39.8 Å². The number of aromatic amines is 1. The third-order valence-corrected chi connectivity index (χ3v) is 4.64. The Morgan fingerprint density at radius 1 is 1.07 bits per heavy atom. The average Bonchev–Trinajstić information content (AvgIpc) is 2.75. The molecule has 2 N–H and O–H groups in total. The molecule has 1 heterocycles. The van der Waals surface area contributed by atoms with E-state index >= 15 is 0 Å². The summed E-state index contributed by atoms with van der Waals surface area (Å²) in [5.74, 6) is 0.0568. The quantitative estimate of drug-likeness (QED) is 0.613. The van der Waals surface area contributed by atoms with Gasteiger partial charge in [-0.15, -0.1) is 0 Å². The molecule has 0 aliphatic carbocycles. The molecular weight excluding hydrogens is 368 g/mol. The van der Waals surface area contributed by atoms with Crippen LogP contribution in [0.5, 0.6) is 0 Å². The summed E-state index contributed by atoms with van der Waals surface area (Å²) in [7, 11) is 0. The van der Waals surface area contributed by atoms with Crippen molar-refractivity contribution in [3.05, 3.63) is 76.3 Å². The lowest BCUT2D eigenvalue weighted by Crippen LogP contribution is -2.39. The molecule has 0 aliphatic heterocycles. The SMILES string of the molecule is CCN(Cc1ccccc1)C(=O)CNC(=O)CCc1nc2ccccc2c(=O)[nH]1. The molecule has 0 atom stereocenters. The van der Waals surface area contributed by atoms with E-state index in [0.717, 1.165) is 5.56 Å². The van der Waals surface area contributed by atoms with Crippen molar-refractivity contribution in [1.29, 1.82) is 0 Å². The number of nitrogens with one attached hydrogen (secondary N) is 2. The summed E-state index contributed by atoms with van der Waals surface area (Å²) in [6.45, 7) is 2.92. The van der Waals surface area contributed by atoms with Crippen LogP contribution in [0.4, 0.5) is 0 Å². The fourth-order valence-electron chi connectivity index (χ4n) is 3.04. The molecule has 0 radical (unpaired) electrons. The number of hydrogen-bond acceptors (Lipinski definition) is 4. The molecule has 150 valence electrons. The molecule has 0 aliphatic rings. The zero-order chi connectivity index (χ0) is 20.6. The Labute approximate surface area is 168 Å². The van der Waals surface area contributed by atoms with Crippen molar-refractivity contribution in [1.82, 2.24) is 20.2 Å². The minimum absolute atomic E-state index is 0.0544. The molecule has 3 aromatic rings. The molecule has 1 aromatic heterocycles. The summed E-state index contributed by atoms with van der Waals surface area (Å²) in [6, 6.07) is 16.8. The highest BCUT2D eigenvalue weighted by atomic mass is 16.2. The number of benzene rings is 2. The van der Waals surface area contributed by atoms with Crippen LogP contribution < -0.4 is 10.9 Å². The topological polar surface area (TPSA) is 95.2 Å². The molecule has 0 spiro atoms. The number of aryl methyl sites for hydroxylation is 1. The van der Waals surface area contributed by atoms with Gasteiger partial charge in [-0.1, -0.05) is 42.5 Å². The van der Waals surface area contributed by atoms with Gasteiger partial charge in [-0.2, -0.15) is 0 Å². The van der Waals surface area contributed by atoms with Gasteiger partial charge in [0.1, 0.15) is 5.82 Å². The number of fused-ring (bicyclic) bond motifs is 1. The predicted molar refractivity (Wildman–Crippen MR) is 111 cm³/mol. The number of carbonyl (C=O) groups excluding carboxylic acids is 2. The van der Waals surface area contributed by atoms with Gasteiger partial charge in [0.25, 0.3) is 5.56 Å². The van der Waals surface area contributed by atoms with Gasteiger partial charge in [-0.05, 0) is 24.6 Å². The van der Waals surface area contributed by atoms with Crippen molar-refractivity contribution in [3.8, 4) is 0 Å². The highest BCUT2D eigenvalue weighted by Gasteiger charge is 2.14. The van der Waals surface area contributed by atoms with Gasteiger partial charge < -0.3 is 15.2 Å². The zero-order valence-electron chi connectivity index (χ0n) is 16.4. The maximum atomic E-state index is 12.4. The smallest absolute Gasteiger partial charge is 0.258 e. The number of amides is 2. The molecule has 0 bridgehead atoms. The van der Waals surface area contributed by atoms with Gasteiger partial charge in [0, 0.05) is 25.9 Å². The number of H-pyrrole nitrogens is 1. The van der Waals surface area contributed by atoms with Crippen LogP contribution in [-0.2, 0) is 22.6 Å². The van der Waals surface area contributed by atoms with Gasteiger partial charge in [0.15, 0.2) is 0 Å². The summed E-state index contributed by atoms with van der Waals surface area (Å²) in [5.41, 5.74) is 1.42. The molecule has 7 nitrogen and oxygen atoms in total. The summed E-state index contributed by atoms with van der Waals surface area (Å²) < 4.78 is 0. The Balaban J connectivity index is 1.50. The van der Waals surface area contributed by atoms with Gasteiger partial charge in [-0.3, -0.25) is 14.4 Å². The van der Waals surface area contributed by atoms with Gasteiger partial charge >= 0.3 is 0 Å². The number of nitrogens with zero attached hydrogens (tertiary/aromatic N) is 2. The second kappa shape index (κ2) is 9.64. The van der Waals surface area contributed by atoms with E-state index in [2.05, 4.69) is 15.3 Å². The van der Waals surface area contributed by atoms with Crippen LogP contribution in [0.3, 0.4) is 0 Å². The number of para-hydroxylation sites is 1. The minimum atomic E-state index is -0.259. The van der Waals surface area contributed by atoms with Crippen LogP contribution in [0.2, 0.25) is 0 Å². The van der Waals surface area contributed by atoms with Crippen molar-refractivity contribution in [2.24, 2.45) is 0 Å². The van der Waals surface area contributed by atoms with Crippen LogP contribution >= 0.6 is 0 Å². The highest BCUT2D eigenvalue weighted by Crippen LogP contribution is 2.07. The molecule has 29 heavy (non-hydrogen) atoms. The summed E-state index contributed by atoms with van der Waals surface area (Å²) in [5, 5.41) is 3.17. The first-order valence-electron chi connectivity index (χ1n) is 9.63. The Hall–Kier alpha value is -3.48. The number of aromatic nitrogens is 2. The van der Waals surface area contributed by atoms with Crippen molar-refractivity contribution in [3.63, 3.8) is 0 Å². The first-order valence-corrected chi connectivity index (χ1v) is 9.63. The molecule has 0 saturated heterocycles. The second-order valence-electron chi connectivity index (χ2n) is 6.70. The van der Waals surface area contributed by atoms with Crippen molar-refractivity contribution in [2.45, 2.75) is 26.3 Å². The Kier molecular flexibility index (Phi) is 6.73. The van der Waals surface area contributed by atoms with E-state index < -0.39 is 0 Å². The fourth-order valence-corrected chi connectivity index (χ4v) is 3.04. The molecule has 0 saturated carbocycles. The molecule has 2 amide bonds. The predicted octanol–water partition coefficient (Wildman–Crippen LogP) is 2.02. The third-order valence-electron chi connectivity index (χ3n) is 4.64. The third kappa shape index (κ3) is 5.51. The average molecular weight is 392 g/mol. The van der Waals surface area contributed by atoms with Gasteiger partial charge in [0.2, 0.25) is 11.8 Å². The van der Waals surface area contributed by atoms with E-state index in [1.165, 1.54) is 0 Å². The molecule has 3 rings (SSSR count). The van der Waals surface area contributed by atoms with E-state index in [4.69, 9.17) is 0 Å².